The molecular weight excluding hydrogens is 354 g/mol. The second-order valence-corrected chi connectivity index (χ2v) is 6.79. The van der Waals surface area contributed by atoms with Gasteiger partial charge in [0.15, 0.2) is 0 Å². The standard InChI is InChI=1S/C21H25N5O2/c1-15(27)25-18-7-9-19(10-8-18)26-21-23-13-17(14-24-21)20(28)22-12-11-16-5-3-2-4-6-16/h5,7-10,13-14H,2-4,6,11-12H2,1H3,(H,22,28)(H,25,27)(H,23,24,26). The van der Waals surface area contributed by atoms with Crippen molar-refractivity contribution in [3.63, 3.8) is 0 Å². The average molecular weight is 379 g/mol. The fourth-order valence-corrected chi connectivity index (χ4v) is 3.05. The third-order valence-corrected chi connectivity index (χ3v) is 4.49. The molecule has 7 nitrogen and oxygen atoms in total. The molecule has 2 amide bonds. The summed E-state index contributed by atoms with van der Waals surface area (Å²) in [5.74, 6) is 0.118. The number of aromatic nitrogens is 2. The molecule has 1 heterocycles. The second-order valence-electron chi connectivity index (χ2n) is 6.79. The summed E-state index contributed by atoms with van der Waals surface area (Å²) in [4.78, 5) is 31.7. The summed E-state index contributed by atoms with van der Waals surface area (Å²) >= 11 is 0. The highest BCUT2D eigenvalue weighted by Gasteiger charge is 2.09. The molecule has 0 radical (unpaired) electrons. The predicted molar refractivity (Wildman–Crippen MR) is 110 cm³/mol. The largest absolute Gasteiger partial charge is 0.352 e. The Labute approximate surface area is 164 Å². The Balaban J connectivity index is 1.49. The summed E-state index contributed by atoms with van der Waals surface area (Å²) in [5, 5.41) is 8.69. The molecule has 146 valence electrons. The first-order valence-corrected chi connectivity index (χ1v) is 9.53. The van der Waals surface area contributed by atoms with Gasteiger partial charge in [-0.25, -0.2) is 9.97 Å². The molecule has 2 aromatic rings. The van der Waals surface area contributed by atoms with Gasteiger partial charge in [0.05, 0.1) is 5.56 Å². The Hall–Kier alpha value is -3.22. The summed E-state index contributed by atoms with van der Waals surface area (Å²) in [6, 6.07) is 7.20. The van der Waals surface area contributed by atoms with Crippen molar-refractivity contribution in [3.8, 4) is 0 Å². The number of rotatable bonds is 7. The monoisotopic (exact) mass is 379 g/mol. The van der Waals surface area contributed by atoms with E-state index in [-0.39, 0.29) is 11.8 Å². The van der Waals surface area contributed by atoms with Crippen LogP contribution in [0.4, 0.5) is 17.3 Å². The Morgan fingerprint density at radius 1 is 1.04 bits per heavy atom. The average Bonchev–Trinajstić information content (AvgIpc) is 2.70. The van der Waals surface area contributed by atoms with E-state index in [9.17, 15) is 9.59 Å². The van der Waals surface area contributed by atoms with Gasteiger partial charge in [0.2, 0.25) is 11.9 Å². The predicted octanol–water partition coefficient (Wildman–Crippen LogP) is 3.80. The highest BCUT2D eigenvalue weighted by Crippen LogP contribution is 2.19. The van der Waals surface area contributed by atoms with Crippen molar-refractivity contribution in [1.29, 1.82) is 0 Å². The van der Waals surface area contributed by atoms with Gasteiger partial charge in [0.1, 0.15) is 0 Å². The summed E-state index contributed by atoms with van der Waals surface area (Å²) in [7, 11) is 0. The minimum atomic E-state index is -0.164. The molecule has 0 atom stereocenters. The van der Waals surface area contributed by atoms with E-state index in [4.69, 9.17) is 0 Å². The van der Waals surface area contributed by atoms with Crippen LogP contribution in [0.1, 0.15) is 49.4 Å². The van der Waals surface area contributed by atoms with Gasteiger partial charge >= 0.3 is 0 Å². The van der Waals surface area contributed by atoms with Gasteiger partial charge in [0.25, 0.3) is 5.91 Å². The van der Waals surface area contributed by atoms with Crippen LogP contribution in [0.3, 0.4) is 0 Å². The van der Waals surface area contributed by atoms with Gasteiger partial charge in [-0.05, 0) is 56.4 Å². The Morgan fingerprint density at radius 2 is 1.75 bits per heavy atom. The van der Waals surface area contributed by atoms with Crippen molar-refractivity contribution in [1.82, 2.24) is 15.3 Å². The van der Waals surface area contributed by atoms with Crippen LogP contribution in [0.2, 0.25) is 0 Å². The van der Waals surface area contributed by atoms with Crippen LogP contribution in [0.25, 0.3) is 0 Å². The van der Waals surface area contributed by atoms with Crippen molar-refractivity contribution >= 4 is 29.1 Å². The first-order chi connectivity index (χ1) is 13.6. The van der Waals surface area contributed by atoms with Crippen LogP contribution in [0, 0.1) is 0 Å². The molecule has 0 spiro atoms. The van der Waals surface area contributed by atoms with Gasteiger partial charge in [0, 0.05) is 37.2 Å². The number of carbonyl (C=O) groups excluding carboxylic acids is 2. The van der Waals surface area contributed by atoms with Crippen molar-refractivity contribution in [2.75, 3.05) is 17.2 Å². The van der Waals surface area contributed by atoms with Crippen LogP contribution in [0.15, 0.2) is 48.3 Å². The number of amides is 2. The minimum Gasteiger partial charge on any atom is -0.352 e. The summed E-state index contributed by atoms with van der Waals surface area (Å²) in [5.41, 5.74) is 3.37. The van der Waals surface area contributed by atoms with Crippen LogP contribution in [-0.2, 0) is 4.79 Å². The van der Waals surface area contributed by atoms with Gasteiger partial charge < -0.3 is 16.0 Å². The maximum absolute atomic E-state index is 12.2. The van der Waals surface area contributed by atoms with Gasteiger partial charge in [-0.2, -0.15) is 0 Å². The number of nitrogens with zero attached hydrogens (tertiary/aromatic N) is 2. The van der Waals surface area contributed by atoms with E-state index in [0.717, 1.165) is 30.6 Å². The van der Waals surface area contributed by atoms with Crippen LogP contribution in [0.5, 0.6) is 0 Å². The third-order valence-electron chi connectivity index (χ3n) is 4.49. The Kier molecular flexibility index (Phi) is 6.73. The van der Waals surface area contributed by atoms with E-state index in [0.29, 0.717) is 18.1 Å². The molecule has 0 aliphatic heterocycles. The fourth-order valence-electron chi connectivity index (χ4n) is 3.05. The van der Waals surface area contributed by atoms with Gasteiger partial charge in [-0.3, -0.25) is 9.59 Å². The third kappa shape index (κ3) is 5.90. The number of carbonyl (C=O) groups is 2. The number of benzene rings is 1. The molecular formula is C21H25N5O2. The first-order valence-electron chi connectivity index (χ1n) is 9.53. The van der Waals surface area contributed by atoms with E-state index >= 15 is 0 Å². The lowest BCUT2D eigenvalue weighted by Gasteiger charge is -2.13. The number of anilines is 3. The lowest BCUT2D eigenvalue weighted by Crippen LogP contribution is -2.25. The van der Waals surface area contributed by atoms with E-state index in [1.807, 2.05) is 12.1 Å². The molecule has 3 rings (SSSR count). The lowest BCUT2D eigenvalue weighted by atomic mass is 9.97. The molecule has 28 heavy (non-hydrogen) atoms. The van der Waals surface area contributed by atoms with Crippen LogP contribution >= 0.6 is 0 Å². The summed E-state index contributed by atoms with van der Waals surface area (Å²) < 4.78 is 0. The molecule has 7 heteroatoms. The van der Waals surface area contributed by atoms with E-state index in [1.165, 1.54) is 37.7 Å². The van der Waals surface area contributed by atoms with E-state index in [1.54, 1.807) is 12.1 Å². The zero-order valence-corrected chi connectivity index (χ0v) is 16.0. The molecule has 3 N–H and O–H groups in total. The number of hydrogen-bond acceptors (Lipinski definition) is 5. The highest BCUT2D eigenvalue weighted by molar-refractivity contribution is 5.93. The molecule has 1 aliphatic carbocycles. The Bertz CT molecular complexity index is 844. The smallest absolute Gasteiger partial charge is 0.254 e. The summed E-state index contributed by atoms with van der Waals surface area (Å²) in [6.45, 7) is 2.09. The number of hydrogen-bond donors (Lipinski definition) is 3. The van der Waals surface area contributed by atoms with Gasteiger partial charge in [-0.15, -0.1) is 0 Å². The van der Waals surface area contributed by atoms with Gasteiger partial charge in [-0.1, -0.05) is 11.6 Å². The molecule has 0 bridgehead atoms. The van der Waals surface area contributed by atoms with E-state index < -0.39 is 0 Å². The SMILES string of the molecule is CC(=O)Nc1ccc(Nc2ncc(C(=O)NCCC3=CCCCC3)cn2)cc1. The molecule has 0 fully saturated rings. The lowest BCUT2D eigenvalue weighted by molar-refractivity contribution is -0.114. The van der Waals surface area contributed by atoms with Crippen molar-refractivity contribution in [2.24, 2.45) is 0 Å². The maximum atomic E-state index is 12.2. The highest BCUT2D eigenvalue weighted by atomic mass is 16.2. The maximum Gasteiger partial charge on any atom is 0.254 e. The van der Waals surface area contributed by atoms with E-state index in [2.05, 4.69) is 32.0 Å². The zero-order valence-electron chi connectivity index (χ0n) is 16.0. The fraction of sp³-hybridized carbons (Fsp3) is 0.333. The topological polar surface area (TPSA) is 96.0 Å². The number of nitrogens with one attached hydrogen (secondary N) is 3. The zero-order chi connectivity index (χ0) is 19.8. The normalized spacial score (nSPS) is 13.4. The molecule has 0 saturated carbocycles. The molecule has 0 unspecified atom stereocenters. The molecule has 1 aromatic heterocycles. The molecule has 1 aromatic carbocycles. The van der Waals surface area contributed by atoms with Crippen LogP contribution < -0.4 is 16.0 Å². The molecule has 1 aliphatic rings. The number of allylic oxidation sites excluding steroid dienone is 1. The first kappa shape index (κ1) is 19.5. The van der Waals surface area contributed by atoms with Crippen molar-refractivity contribution < 1.29 is 9.59 Å². The summed E-state index contributed by atoms with van der Waals surface area (Å²) in [6.07, 6.45) is 11.0. The molecule has 0 saturated heterocycles. The Morgan fingerprint density at radius 3 is 2.39 bits per heavy atom. The van der Waals surface area contributed by atoms with Crippen molar-refractivity contribution in [2.45, 2.75) is 39.0 Å². The quantitative estimate of drug-likeness (QED) is 0.636. The van der Waals surface area contributed by atoms with Crippen molar-refractivity contribution in [3.05, 3.63) is 53.9 Å². The minimum absolute atomic E-state index is 0.117. The second kappa shape index (κ2) is 9.64. The van der Waals surface area contributed by atoms with Crippen LogP contribution in [-0.4, -0.2) is 28.3 Å².